The van der Waals surface area contributed by atoms with Crippen LogP contribution in [0.15, 0.2) is 18.2 Å². The average molecular weight is 263 g/mol. The molecule has 1 saturated carbocycles. The topological polar surface area (TPSA) is 39.7 Å². The summed E-state index contributed by atoms with van der Waals surface area (Å²) in [6, 6.07) is 6.29. The van der Waals surface area contributed by atoms with E-state index in [2.05, 4.69) is 11.4 Å². The Labute approximate surface area is 114 Å². The van der Waals surface area contributed by atoms with Crippen LogP contribution in [-0.4, -0.2) is 26.6 Å². The van der Waals surface area contributed by atoms with Gasteiger partial charge in [0.25, 0.3) is 0 Å². The maximum atomic E-state index is 6.00. The van der Waals surface area contributed by atoms with Gasteiger partial charge in [-0.1, -0.05) is 18.9 Å². The third kappa shape index (κ3) is 2.85. The highest BCUT2D eigenvalue weighted by Crippen LogP contribution is 2.34. The van der Waals surface area contributed by atoms with Crippen LogP contribution in [0.2, 0.25) is 0 Å². The molecule has 19 heavy (non-hydrogen) atoms. The summed E-state index contributed by atoms with van der Waals surface area (Å²) in [6.45, 7) is 1.03. The van der Waals surface area contributed by atoms with Gasteiger partial charge >= 0.3 is 0 Å². The Morgan fingerprint density at radius 1 is 1.26 bits per heavy atom. The number of hydrogen-bond donors (Lipinski definition) is 1. The van der Waals surface area contributed by atoms with Crippen molar-refractivity contribution in [2.75, 3.05) is 20.4 Å². The smallest absolute Gasteiger partial charge is 0.231 e. The van der Waals surface area contributed by atoms with Crippen LogP contribution in [0.3, 0.4) is 0 Å². The van der Waals surface area contributed by atoms with Crippen LogP contribution in [0.25, 0.3) is 0 Å². The third-order valence-corrected chi connectivity index (χ3v) is 3.95. The van der Waals surface area contributed by atoms with E-state index >= 15 is 0 Å². The highest BCUT2D eigenvalue weighted by atomic mass is 16.7. The van der Waals surface area contributed by atoms with Crippen LogP contribution in [-0.2, 0) is 4.74 Å². The van der Waals surface area contributed by atoms with Gasteiger partial charge in [0.1, 0.15) is 0 Å². The van der Waals surface area contributed by atoms with Gasteiger partial charge in [-0.3, -0.25) is 0 Å². The predicted octanol–water partition coefficient (Wildman–Crippen LogP) is 2.64. The summed E-state index contributed by atoms with van der Waals surface area (Å²) < 4.78 is 16.8. The molecule has 1 aromatic carbocycles. The quantitative estimate of drug-likeness (QED) is 0.886. The summed E-state index contributed by atoms with van der Waals surface area (Å²) in [5.74, 6) is 1.66. The van der Waals surface area contributed by atoms with Gasteiger partial charge in [-0.25, -0.2) is 0 Å². The van der Waals surface area contributed by atoms with Crippen molar-refractivity contribution >= 4 is 0 Å². The van der Waals surface area contributed by atoms with Crippen LogP contribution in [0.5, 0.6) is 11.5 Å². The summed E-state index contributed by atoms with van der Waals surface area (Å²) in [7, 11) is 1.97. The summed E-state index contributed by atoms with van der Waals surface area (Å²) in [5.41, 5.74) is 1.18. The lowest BCUT2D eigenvalue weighted by Crippen LogP contribution is -2.24. The van der Waals surface area contributed by atoms with E-state index in [0.29, 0.717) is 19.5 Å². The average Bonchev–Trinajstić information content (AvgIpc) is 3.09. The molecule has 104 valence electrons. The molecule has 1 aliphatic heterocycles. The molecule has 0 bridgehead atoms. The zero-order chi connectivity index (χ0) is 13.1. The Hall–Kier alpha value is -1.26. The molecule has 1 unspecified atom stereocenters. The molecule has 1 atom stereocenters. The lowest BCUT2D eigenvalue weighted by molar-refractivity contribution is 0.0438. The standard InChI is InChI=1S/C15H21NO3/c1-16-13(9-17-12-4-2-3-5-12)11-6-7-14-15(8-11)19-10-18-14/h6-8,12-13,16H,2-5,9-10H2,1H3. The first-order valence-electron chi connectivity index (χ1n) is 7.05. The molecule has 1 fully saturated rings. The lowest BCUT2D eigenvalue weighted by Gasteiger charge is -2.20. The van der Waals surface area contributed by atoms with E-state index in [1.165, 1.54) is 31.2 Å². The maximum Gasteiger partial charge on any atom is 0.231 e. The molecule has 0 saturated heterocycles. The summed E-state index contributed by atoms with van der Waals surface area (Å²) in [4.78, 5) is 0. The van der Waals surface area contributed by atoms with E-state index in [4.69, 9.17) is 14.2 Å². The number of ether oxygens (including phenoxy) is 3. The SMILES string of the molecule is CNC(COC1CCCC1)c1ccc2c(c1)OCO2. The van der Waals surface area contributed by atoms with Gasteiger partial charge < -0.3 is 19.5 Å². The van der Waals surface area contributed by atoms with Crippen molar-refractivity contribution < 1.29 is 14.2 Å². The fraction of sp³-hybridized carbons (Fsp3) is 0.600. The molecule has 0 spiro atoms. The van der Waals surface area contributed by atoms with Gasteiger partial charge in [0.2, 0.25) is 6.79 Å². The molecule has 2 aliphatic rings. The van der Waals surface area contributed by atoms with Gasteiger partial charge in [-0.2, -0.15) is 0 Å². The molecule has 3 rings (SSSR count). The molecular weight excluding hydrogens is 242 g/mol. The summed E-state index contributed by atoms with van der Waals surface area (Å²) in [6.07, 6.45) is 5.47. The van der Waals surface area contributed by atoms with E-state index in [1.54, 1.807) is 0 Å². The van der Waals surface area contributed by atoms with Crippen molar-refractivity contribution in [3.05, 3.63) is 23.8 Å². The number of rotatable bonds is 5. The van der Waals surface area contributed by atoms with Crippen molar-refractivity contribution in [3.8, 4) is 11.5 Å². The van der Waals surface area contributed by atoms with Crippen molar-refractivity contribution in [1.29, 1.82) is 0 Å². The van der Waals surface area contributed by atoms with Gasteiger partial charge in [-0.15, -0.1) is 0 Å². The second-order valence-electron chi connectivity index (χ2n) is 5.19. The maximum absolute atomic E-state index is 6.00. The van der Waals surface area contributed by atoms with Crippen molar-refractivity contribution in [2.45, 2.75) is 37.8 Å². The molecule has 4 nitrogen and oxygen atoms in total. The minimum atomic E-state index is 0.204. The number of benzene rings is 1. The highest BCUT2D eigenvalue weighted by molar-refractivity contribution is 5.45. The predicted molar refractivity (Wildman–Crippen MR) is 72.6 cm³/mol. The van der Waals surface area contributed by atoms with Crippen LogP contribution < -0.4 is 14.8 Å². The first kappa shape index (κ1) is 12.8. The minimum absolute atomic E-state index is 0.204. The molecule has 0 radical (unpaired) electrons. The highest BCUT2D eigenvalue weighted by Gasteiger charge is 2.20. The van der Waals surface area contributed by atoms with Gasteiger partial charge in [0, 0.05) is 0 Å². The number of likely N-dealkylation sites (N-methyl/N-ethyl adjacent to an activating group) is 1. The molecular formula is C15H21NO3. The second kappa shape index (κ2) is 5.80. The zero-order valence-corrected chi connectivity index (χ0v) is 11.4. The van der Waals surface area contributed by atoms with Crippen molar-refractivity contribution in [3.63, 3.8) is 0 Å². The van der Waals surface area contributed by atoms with Crippen LogP contribution in [0.1, 0.15) is 37.3 Å². The van der Waals surface area contributed by atoms with Gasteiger partial charge in [-0.05, 0) is 37.6 Å². The Balaban J connectivity index is 1.64. The molecule has 1 N–H and O–H groups in total. The molecule has 1 aliphatic carbocycles. The fourth-order valence-corrected chi connectivity index (χ4v) is 2.76. The van der Waals surface area contributed by atoms with E-state index in [9.17, 15) is 0 Å². The van der Waals surface area contributed by atoms with Crippen LogP contribution in [0.4, 0.5) is 0 Å². The number of hydrogen-bond acceptors (Lipinski definition) is 4. The fourth-order valence-electron chi connectivity index (χ4n) is 2.76. The van der Waals surface area contributed by atoms with E-state index in [1.807, 2.05) is 19.2 Å². The summed E-state index contributed by atoms with van der Waals surface area (Å²) >= 11 is 0. The Bertz CT molecular complexity index is 429. The van der Waals surface area contributed by atoms with E-state index in [-0.39, 0.29) is 6.04 Å². The Morgan fingerprint density at radius 3 is 2.84 bits per heavy atom. The second-order valence-corrected chi connectivity index (χ2v) is 5.19. The number of fused-ring (bicyclic) bond motifs is 1. The van der Waals surface area contributed by atoms with Crippen LogP contribution >= 0.6 is 0 Å². The largest absolute Gasteiger partial charge is 0.454 e. The van der Waals surface area contributed by atoms with Crippen LogP contribution in [0, 0.1) is 0 Å². The minimum Gasteiger partial charge on any atom is -0.454 e. The Morgan fingerprint density at radius 2 is 2.05 bits per heavy atom. The molecule has 0 amide bonds. The van der Waals surface area contributed by atoms with E-state index < -0.39 is 0 Å². The zero-order valence-electron chi connectivity index (χ0n) is 11.4. The van der Waals surface area contributed by atoms with Gasteiger partial charge in [0.05, 0.1) is 18.8 Å². The normalized spacial score (nSPS) is 19.8. The monoisotopic (exact) mass is 263 g/mol. The van der Waals surface area contributed by atoms with E-state index in [0.717, 1.165) is 11.5 Å². The molecule has 1 aromatic rings. The Kier molecular flexibility index (Phi) is 3.89. The molecule has 4 heteroatoms. The number of nitrogens with one attached hydrogen (secondary N) is 1. The molecule has 0 aromatic heterocycles. The lowest BCUT2D eigenvalue weighted by atomic mass is 10.1. The third-order valence-electron chi connectivity index (χ3n) is 3.95. The molecule has 1 heterocycles. The van der Waals surface area contributed by atoms with Crippen molar-refractivity contribution in [1.82, 2.24) is 5.32 Å². The first-order valence-corrected chi connectivity index (χ1v) is 7.05. The first-order chi connectivity index (χ1) is 9.36. The van der Waals surface area contributed by atoms with Crippen molar-refractivity contribution in [2.24, 2.45) is 0 Å². The van der Waals surface area contributed by atoms with Gasteiger partial charge in [0.15, 0.2) is 11.5 Å². The summed E-state index contributed by atoms with van der Waals surface area (Å²) in [5, 5.41) is 3.31.